The zero-order chi connectivity index (χ0) is 15.9. The van der Waals surface area contributed by atoms with Crippen LogP contribution in [0.15, 0.2) is 42.6 Å². The summed E-state index contributed by atoms with van der Waals surface area (Å²) in [5, 5.41) is 0. The molecule has 0 amide bonds. The summed E-state index contributed by atoms with van der Waals surface area (Å²) in [6.45, 7) is 0.610. The maximum absolute atomic E-state index is 5.25. The quantitative estimate of drug-likeness (QED) is 0.736. The van der Waals surface area contributed by atoms with E-state index in [1.807, 2.05) is 54.5 Å². The van der Waals surface area contributed by atoms with E-state index in [1.54, 1.807) is 21.3 Å². The lowest BCUT2D eigenvalue weighted by atomic mass is 10.1. The molecule has 0 atom stereocenters. The monoisotopic (exact) mass is 302 g/mol. The van der Waals surface area contributed by atoms with Crippen molar-refractivity contribution < 1.29 is 14.2 Å². The minimum atomic E-state index is -0.273. The Kier molecular flexibility index (Phi) is 5.75. The maximum atomic E-state index is 5.25. The van der Waals surface area contributed by atoms with Crippen molar-refractivity contribution in [2.45, 2.75) is 6.29 Å². The summed E-state index contributed by atoms with van der Waals surface area (Å²) >= 11 is 0. The van der Waals surface area contributed by atoms with Crippen LogP contribution in [0.1, 0.15) is 0 Å². The van der Waals surface area contributed by atoms with Gasteiger partial charge in [-0.2, -0.15) is 0 Å². The Balaban J connectivity index is 2.12. The van der Waals surface area contributed by atoms with Crippen LogP contribution in [0.5, 0.6) is 5.75 Å². The Bertz CT molecular complexity index is 583. The third-order valence-corrected chi connectivity index (χ3v) is 3.49. The van der Waals surface area contributed by atoms with Crippen LogP contribution >= 0.6 is 0 Å². The number of ether oxygens (including phenoxy) is 3. The number of pyridine rings is 1. The molecular formula is C17H22N2O3. The second-order valence-corrected chi connectivity index (χ2v) is 4.92. The number of hydrogen-bond donors (Lipinski definition) is 0. The Morgan fingerprint density at radius 1 is 1.05 bits per heavy atom. The summed E-state index contributed by atoms with van der Waals surface area (Å²) < 4.78 is 15.7. The molecule has 2 aromatic rings. The van der Waals surface area contributed by atoms with E-state index in [4.69, 9.17) is 14.2 Å². The summed E-state index contributed by atoms with van der Waals surface area (Å²) in [6, 6.07) is 11.9. The van der Waals surface area contributed by atoms with Gasteiger partial charge in [-0.15, -0.1) is 0 Å². The van der Waals surface area contributed by atoms with Crippen molar-refractivity contribution in [3.8, 4) is 16.9 Å². The smallest absolute Gasteiger partial charge is 0.174 e. The molecule has 1 heterocycles. The average Bonchev–Trinajstić information content (AvgIpc) is 2.59. The number of nitrogens with zero attached hydrogens (tertiary/aromatic N) is 2. The number of aromatic nitrogens is 1. The van der Waals surface area contributed by atoms with Crippen molar-refractivity contribution >= 4 is 5.82 Å². The van der Waals surface area contributed by atoms with Crippen molar-refractivity contribution in [1.82, 2.24) is 4.98 Å². The number of methoxy groups -OCH3 is 3. The molecule has 1 aromatic heterocycles. The van der Waals surface area contributed by atoms with Crippen molar-refractivity contribution in [3.05, 3.63) is 42.6 Å². The van der Waals surface area contributed by atoms with E-state index in [2.05, 4.69) is 4.98 Å². The number of hydrogen-bond acceptors (Lipinski definition) is 5. The number of rotatable bonds is 7. The van der Waals surface area contributed by atoms with Crippen molar-refractivity contribution in [2.24, 2.45) is 0 Å². The molecule has 0 aliphatic carbocycles. The van der Waals surface area contributed by atoms with Crippen molar-refractivity contribution in [2.75, 3.05) is 39.8 Å². The third kappa shape index (κ3) is 3.96. The van der Waals surface area contributed by atoms with E-state index in [0.29, 0.717) is 6.54 Å². The molecule has 0 saturated carbocycles. The zero-order valence-corrected chi connectivity index (χ0v) is 13.4. The van der Waals surface area contributed by atoms with E-state index in [9.17, 15) is 0 Å². The van der Waals surface area contributed by atoms with E-state index in [1.165, 1.54) is 0 Å². The van der Waals surface area contributed by atoms with Crippen LogP contribution in [0.3, 0.4) is 0 Å². The third-order valence-electron chi connectivity index (χ3n) is 3.49. The Hall–Kier alpha value is -2.11. The highest BCUT2D eigenvalue weighted by molar-refractivity contribution is 5.65. The van der Waals surface area contributed by atoms with Crippen LogP contribution in [0.25, 0.3) is 11.1 Å². The molecule has 0 spiro atoms. The van der Waals surface area contributed by atoms with Gasteiger partial charge in [-0.05, 0) is 29.8 Å². The molecule has 118 valence electrons. The molecule has 0 saturated heterocycles. The normalized spacial score (nSPS) is 10.8. The van der Waals surface area contributed by atoms with E-state index < -0.39 is 0 Å². The number of benzene rings is 1. The van der Waals surface area contributed by atoms with Crippen LogP contribution in [-0.2, 0) is 9.47 Å². The summed E-state index contributed by atoms with van der Waals surface area (Å²) in [4.78, 5) is 6.50. The fourth-order valence-electron chi connectivity index (χ4n) is 2.15. The molecule has 0 aliphatic heterocycles. The van der Waals surface area contributed by atoms with Gasteiger partial charge in [0.05, 0.1) is 13.7 Å². The van der Waals surface area contributed by atoms with Gasteiger partial charge in [-0.25, -0.2) is 4.98 Å². The first-order valence-electron chi connectivity index (χ1n) is 7.05. The lowest BCUT2D eigenvalue weighted by molar-refractivity contribution is -0.0944. The highest BCUT2D eigenvalue weighted by atomic mass is 16.7. The number of anilines is 1. The van der Waals surface area contributed by atoms with Gasteiger partial charge in [-0.3, -0.25) is 0 Å². The second-order valence-electron chi connectivity index (χ2n) is 4.92. The van der Waals surface area contributed by atoms with Crippen LogP contribution in [0, 0.1) is 0 Å². The van der Waals surface area contributed by atoms with Gasteiger partial charge in [0.25, 0.3) is 0 Å². The zero-order valence-electron chi connectivity index (χ0n) is 13.4. The van der Waals surface area contributed by atoms with Crippen molar-refractivity contribution in [1.29, 1.82) is 0 Å². The number of likely N-dealkylation sites (N-methyl/N-ethyl adjacent to an activating group) is 1. The molecule has 0 fully saturated rings. The second kappa shape index (κ2) is 7.77. The minimum absolute atomic E-state index is 0.273. The SMILES string of the molecule is COc1cccc(-c2ccc(N(C)CC(OC)OC)nc2)c1. The van der Waals surface area contributed by atoms with Gasteiger partial charge in [0.15, 0.2) is 6.29 Å². The molecule has 1 aromatic carbocycles. The van der Waals surface area contributed by atoms with E-state index in [-0.39, 0.29) is 6.29 Å². The van der Waals surface area contributed by atoms with Crippen LogP contribution < -0.4 is 9.64 Å². The predicted octanol–water partition coefficient (Wildman–Crippen LogP) is 2.81. The predicted molar refractivity (Wildman–Crippen MR) is 87.3 cm³/mol. The molecule has 2 rings (SSSR count). The standard InChI is InChI=1S/C17H22N2O3/c1-19(12-17(21-3)22-4)16-9-8-14(11-18-16)13-6-5-7-15(10-13)20-2/h5-11,17H,12H2,1-4H3. The van der Waals surface area contributed by atoms with E-state index >= 15 is 0 Å². The first-order chi connectivity index (χ1) is 10.7. The largest absolute Gasteiger partial charge is 0.497 e. The molecule has 5 heteroatoms. The molecular weight excluding hydrogens is 280 g/mol. The minimum Gasteiger partial charge on any atom is -0.497 e. The summed E-state index contributed by atoms with van der Waals surface area (Å²) in [7, 11) is 6.87. The molecule has 0 aliphatic rings. The van der Waals surface area contributed by atoms with Gasteiger partial charge >= 0.3 is 0 Å². The topological polar surface area (TPSA) is 43.8 Å². The molecule has 22 heavy (non-hydrogen) atoms. The van der Waals surface area contributed by atoms with Gasteiger partial charge in [0, 0.05) is 33.0 Å². The van der Waals surface area contributed by atoms with E-state index in [0.717, 1.165) is 22.7 Å². The Morgan fingerprint density at radius 2 is 1.82 bits per heavy atom. The Morgan fingerprint density at radius 3 is 2.41 bits per heavy atom. The van der Waals surface area contributed by atoms with Crippen LogP contribution in [0.4, 0.5) is 5.82 Å². The molecule has 5 nitrogen and oxygen atoms in total. The fourth-order valence-corrected chi connectivity index (χ4v) is 2.15. The molecule has 0 N–H and O–H groups in total. The molecule has 0 bridgehead atoms. The Labute approximate surface area is 131 Å². The first-order valence-corrected chi connectivity index (χ1v) is 7.05. The summed E-state index contributed by atoms with van der Waals surface area (Å²) in [5.41, 5.74) is 2.12. The van der Waals surface area contributed by atoms with Crippen LogP contribution in [0.2, 0.25) is 0 Å². The molecule has 0 radical (unpaired) electrons. The molecule has 0 unspecified atom stereocenters. The highest BCUT2D eigenvalue weighted by Gasteiger charge is 2.11. The fraction of sp³-hybridized carbons (Fsp3) is 0.353. The van der Waals surface area contributed by atoms with Gasteiger partial charge in [0.2, 0.25) is 0 Å². The summed E-state index contributed by atoms with van der Waals surface area (Å²) in [6.07, 6.45) is 1.58. The van der Waals surface area contributed by atoms with Crippen LogP contribution in [-0.4, -0.2) is 46.2 Å². The lowest BCUT2D eigenvalue weighted by Gasteiger charge is -2.23. The van der Waals surface area contributed by atoms with Gasteiger partial charge < -0.3 is 19.1 Å². The van der Waals surface area contributed by atoms with Gasteiger partial charge in [-0.1, -0.05) is 12.1 Å². The van der Waals surface area contributed by atoms with Crippen molar-refractivity contribution in [3.63, 3.8) is 0 Å². The highest BCUT2D eigenvalue weighted by Crippen LogP contribution is 2.24. The first kappa shape index (κ1) is 16.3. The summed E-state index contributed by atoms with van der Waals surface area (Å²) in [5.74, 6) is 1.70. The maximum Gasteiger partial charge on any atom is 0.174 e. The lowest BCUT2D eigenvalue weighted by Crippen LogP contribution is -2.32. The average molecular weight is 302 g/mol. The van der Waals surface area contributed by atoms with Gasteiger partial charge in [0.1, 0.15) is 11.6 Å².